The lowest BCUT2D eigenvalue weighted by atomic mass is 9.82. The molecule has 1 saturated carbocycles. The summed E-state index contributed by atoms with van der Waals surface area (Å²) in [5, 5.41) is 6.73. The van der Waals surface area contributed by atoms with E-state index in [4.69, 9.17) is 4.74 Å². The Morgan fingerprint density at radius 1 is 1.00 bits per heavy atom. The molecule has 11 nitrogen and oxygen atoms in total. The zero-order valence-corrected chi connectivity index (χ0v) is 32.2. The van der Waals surface area contributed by atoms with E-state index in [2.05, 4.69) is 58.5 Å². The largest absolute Gasteiger partial charge is 0.444 e. The van der Waals surface area contributed by atoms with Crippen molar-refractivity contribution in [3.63, 3.8) is 0 Å². The number of ether oxygens (including phenoxy) is 1. The van der Waals surface area contributed by atoms with E-state index in [9.17, 15) is 27.6 Å². The third-order valence-corrected chi connectivity index (χ3v) is 11.5. The number of fused-ring (bicyclic) bond motifs is 1. The summed E-state index contributed by atoms with van der Waals surface area (Å²) in [4.78, 5) is 54.7. The van der Waals surface area contributed by atoms with Crippen molar-refractivity contribution in [2.75, 3.05) is 32.0 Å². The highest BCUT2D eigenvalue weighted by molar-refractivity contribution is 5.93. The average Bonchev–Trinajstić information content (AvgIpc) is 3.49. The topological polar surface area (TPSA) is 120 Å². The van der Waals surface area contributed by atoms with Gasteiger partial charge in [0.05, 0.1) is 23.2 Å². The molecule has 294 valence electrons. The molecule has 14 heteroatoms. The summed E-state index contributed by atoms with van der Waals surface area (Å²) >= 11 is 0. The second-order valence-corrected chi connectivity index (χ2v) is 16.5. The van der Waals surface area contributed by atoms with Crippen LogP contribution < -0.4 is 10.6 Å². The third kappa shape index (κ3) is 9.01. The Bertz CT molecular complexity index is 1790. The molecule has 2 aliphatic heterocycles. The van der Waals surface area contributed by atoms with Crippen LogP contribution in [0.1, 0.15) is 91.5 Å². The van der Waals surface area contributed by atoms with Gasteiger partial charge in [-0.1, -0.05) is 12.2 Å². The number of hydrogen-bond acceptors (Lipinski definition) is 8. The Morgan fingerprint density at radius 3 is 2.41 bits per heavy atom. The molecule has 2 fully saturated rings. The number of likely N-dealkylation sites (tertiary alicyclic amines) is 1. The van der Waals surface area contributed by atoms with Crippen LogP contribution in [0.3, 0.4) is 0 Å². The monoisotopic (exact) mass is 753 g/mol. The Kier molecular flexibility index (Phi) is 11.6. The van der Waals surface area contributed by atoms with E-state index in [0.29, 0.717) is 50.5 Å². The minimum absolute atomic E-state index is 0.00359. The molecule has 3 amide bonds. The maximum Gasteiger partial charge on any atom is 0.416 e. The molecule has 54 heavy (non-hydrogen) atoms. The summed E-state index contributed by atoms with van der Waals surface area (Å²) in [7, 11) is 2.10. The smallest absolute Gasteiger partial charge is 0.416 e. The summed E-state index contributed by atoms with van der Waals surface area (Å²) in [6, 6.07) is 2.74. The van der Waals surface area contributed by atoms with Gasteiger partial charge in [-0.05, 0) is 122 Å². The maximum atomic E-state index is 14.0. The number of nitrogens with one attached hydrogen (secondary N) is 2. The van der Waals surface area contributed by atoms with E-state index in [1.54, 1.807) is 4.90 Å². The van der Waals surface area contributed by atoms with Crippen LogP contribution in [0.5, 0.6) is 0 Å². The fourth-order valence-electron chi connectivity index (χ4n) is 8.25. The molecule has 2 aromatic rings. The van der Waals surface area contributed by atoms with E-state index in [1.165, 1.54) is 23.5 Å². The van der Waals surface area contributed by atoms with Gasteiger partial charge in [0.25, 0.3) is 0 Å². The van der Waals surface area contributed by atoms with Gasteiger partial charge in [0.1, 0.15) is 23.8 Å². The second kappa shape index (κ2) is 15.9. The molecule has 0 bridgehead atoms. The van der Waals surface area contributed by atoms with Gasteiger partial charge in [-0.2, -0.15) is 13.2 Å². The van der Waals surface area contributed by atoms with Crippen molar-refractivity contribution in [1.29, 1.82) is 0 Å². The van der Waals surface area contributed by atoms with Crippen molar-refractivity contribution >= 4 is 34.6 Å². The average molecular weight is 754 g/mol. The van der Waals surface area contributed by atoms with E-state index < -0.39 is 23.4 Å². The standard InChI is InChI=1S/C40H54F3N7O4/c1-24(2)48(6)29-12-14-34(50-20-17-32(37(50)52)46-35-30-21-28(40(41,42)43)11-13-31(30)44-23-45-35)33(22-29)47-36(51)27-9-7-25(8-10-27)26-15-18-49(19-16-26)38(53)54-39(3,4)5/h7,11,13,15,21,23-24,27,29,32-34H,8-10,12,14,16-20,22H2,1-6H3,(H,47,51)(H,44,45,46)/t27?,29-,32+,33-,34+/m1/s1. The first-order valence-corrected chi connectivity index (χ1v) is 19.3. The van der Waals surface area contributed by atoms with Gasteiger partial charge in [0.15, 0.2) is 0 Å². The first-order chi connectivity index (χ1) is 25.5. The lowest BCUT2D eigenvalue weighted by molar-refractivity contribution is -0.137. The van der Waals surface area contributed by atoms with Crippen molar-refractivity contribution < 1.29 is 32.3 Å². The Labute approximate surface area is 315 Å². The molecular formula is C40H54F3N7O4. The maximum absolute atomic E-state index is 14.0. The molecule has 1 unspecified atom stereocenters. The Hall–Kier alpha value is -4.20. The molecule has 0 radical (unpaired) electrons. The SMILES string of the molecule is CC(C)N(C)[C@@H]1CC[C@H](N2CC[C@H](Nc3ncnc4ccc(C(F)(F)F)cc34)C2=O)[C@H](NC(=O)C2CC=C(C3=CCN(C(=O)OC(C)(C)C)CC3)CC2)C1. The van der Waals surface area contributed by atoms with Crippen molar-refractivity contribution in [2.45, 2.75) is 128 Å². The van der Waals surface area contributed by atoms with Crippen molar-refractivity contribution in [3.05, 3.63) is 53.4 Å². The summed E-state index contributed by atoms with van der Waals surface area (Å²) in [5.41, 5.74) is 1.47. The zero-order valence-electron chi connectivity index (χ0n) is 32.2. The van der Waals surface area contributed by atoms with E-state index in [0.717, 1.165) is 44.2 Å². The van der Waals surface area contributed by atoms with Crippen molar-refractivity contribution in [3.8, 4) is 0 Å². The Balaban J connectivity index is 1.12. The lowest BCUT2D eigenvalue weighted by Gasteiger charge is -2.45. The molecule has 3 heterocycles. The van der Waals surface area contributed by atoms with Crippen molar-refractivity contribution in [1.82, 2.24) is 30.0 Å². The van der Waals surface area contributed by atoms with Crippen molar-refractivity contribution in [2.24, 2.45) is 5.92 Å². The normalized spacial score (nSPS) is 25.5. The number of amides is 3. The molecule has 1 saturated heterocycles. The molecule has 2 N–H and O–H groups in total. The summed E-state index contributed by atoms with van der Waals surface area (Å²) in [6.45, 7) is 11.4. The number of allylic oxidation sites excluding steroid dienone is 2. The highest BCUT2D eigenvalue weighted by atomic mass is 19.4. The van der Waals surface area contributed by atoms with Crippen LogP contribution in [0.15, 0.2) is 47.8 Å². The van der Waals surface area contributed by atoms with Gasteiger partial charge in [-0.25, -0.2) is 14.8 Å². The molecule has 1 aromatic heterocycles. The quantitative estimate of drug-likeness (QED) is 0.306. The number of anilines is 1. The molecule has 1 aromatic carbocycles. The molecular weight excluding hydrogens is 699 g/mol. The number of nitrogens with zero attached hydrogens (tertiary/aromatic N) is 5. The number of alkyl halides is 3. The van der Waals surface area contributed by atoms with Crippen LogP contribution >= 0.6 is 0 Å². The van der Waals surface area contributed by atoms with Crippen LogP contribution in [-0.4, -0.2) is 105 Å². The number of aromatic nitrogens is 2. The number of carbonyl (C=O) groups excluding carboxylic acids is 3. The minimum Gasteiger partial charge on any atom is -0.444 e. The van der Waals surface area contributed by atoms with Gasteiger partial charge in [0.2, 0.25) is 11.8 Å². The molecule has 5 atom stereocenters. The fraction of sp³-hybridized carbons (Fsp3) is 0.625. The van der Waals surface area contributed by atoms with E-state index in [-0.39, 0.29) is 53.2 Å². The van der Waals surface area contributed by atoms with Crippen LogP contribution in [-0.2, 0) is 20.5 Å². The zero-order chi connectivity index (χ0) is 38.9. The van der Waals surface area contributed by atoms with Crippen LogP contribution in [0.4, 0.5) is 23.8 Å². The fourth-order valence-corrected chi connectivity index (χ4v) is 8.25. The number of benzene rings is 1. The van der Waals surface area contributed by atoms with Crippen LogP contribution in [0.2, 0.25) is 0 Å². The summed E-state index contributed by atoms with van der Waals surface area (Å²) in [6.07, 6.45) is 6.35. The number of carbonyl (C=O) groups is 3. The second-order valence-electron chi connectivity index (χ2n) is 16.5. The van der Waals surface area contributed by atoms with Gasteiger partial charge in [0, 0.05) is 43.0 Å². The van der Waals surface area contributed by atoms with Crippen LogP contribution in [0.25, 0.3) is 10.9 Å². The van der Waals surface area contributed by atoms with Gasteiger partial charge >= 0.3 is 12.3 Å². The highest BCUT2D eigenvalue weighted by Crippen LogP contribution is 2.36. The van der Waals surface area contributed by atoms with E-state index >= 15 is 0 Å². The molecule has 0 spiro atoms. The van der Waals surface area contributed by atoms with Crippen LogP contribution in [0, 0.1) is 5.92 Å². The molecule has 6 rings (SSSR count). The van der Waals surface area contributed by atoms with Gasteiger partial charge in [-0.3, -0.25) is 9.59 Å². The molecule has 4 aliphatic rings. The summed E-state index contributed by atoms with van der Waals surface area (Å²) in [5.74, 6) is -0.148. The predicted molar refractivity (Wildman–Crippen MR) is 200 cm³/mol. The number of hydrogen-bond donors (Lipinski definition) is 2. The minimum atomic E-state index is -4.53. The number of rotatable bonds is 8. The first-order valence-electron chi connectivity index (χ1n) is 19.3. The highest BCUT2D eigenvalue weighted by Gasteiger charge is 2.44. The third-order valence-electron chi connectivity index (χ3n) is 11.5. The predicted octanol–water partition coefficient (Wildman–Crippen LogP) is 6.70. The van der Waals surface area contributed by atoms with Gasteiger partial charge in [-0.15, -0.1) is 0 Å². The summed E-state index contributed by atoms with van der Waals surface area (Å²) < 4.78 is 46.1. The Morgan fingerprint density at radius 2 is 1.76 bits per heavy atom. The lowest BCUT2D eigenvalue weighted by Crippen LogP contribution is -2.59. The number of halogens is 3. The van der Waals surface area contributed by atoms with E-state index in [1.807, 2.05) is 25.7 Å². The first kappa shape index (κ1) is 39.5. The molecule has 2 aliphatic carbocycles. The van der Waals surface area contributed by atoms with Gasteiger partial charge < -0.3 is 30.1 Å².